The van der Waals surface area contributed by atoms with E-state index in [9.17, 15) is 18.0 Å². The Hall–Kier alpha value is -2.07. The molecule has 1 aromatic rings. The van der Waals surface area contributed by atoms with Crippen LogP contribution in [0.1, 0.15) is 16.3 Å². The molecule has 106 valence electrons. The molecule has 0 saturated heterocycles. The smallest absolute Gasteiger partial charge is 0.371 e. The summed E-state index contributed by atoms with van der Waals surface area (Å²) < 4.78 is 30.6. The number of urea groups is 1. The van der Waals surface area contributed by atoms with Gasteiger partial charge in [0, 0.05) is 19.2 Å². The molecule has 0 aliphatic carbocycles. The molecule has 19 heavy (non-hydrogen) atoms. The summed E-state index contributed by atoms with van der Waals surface area (Å²) in [5, 5.41) is 10.9. The molecule has 0 saturated carbocycles. The van der Waals surface area contributed by atoms with Crippen molar-refractivity contribution in [2.75, 3.05) is 13.1 Å². The number of hydrogen-bond donors (Lipinski definition) is 4. The molecule has 0 bridgehead atoms. The number of carbonyl (C=O) groups is 2. The first-order chi connectivity index (χ1) is 8.74. The predicted molar refractivity (Wildman–Crippen MR) is 63.2 cm³/mol. The molecule has 0 spiro atoms. The highest BCUT2D eigenvalue weighted by Crippen LogP contribution is 2.19. The third kappa shape index (κ3) is 3.96. The van der Waals surface area contributed by atoms with Crippen LogP contribution in [0, 0.1) is 6.92 Å². The van der Waals surface area contributed by atoms with Crippen LogP contribution < -0.4 is 15.8 Å². The number of carboxylic acids is 1. The number of sulfonamides is 1. The summed E-state index contributed by atoms with van der Waals surface area (Å²) in [6.07, 6.45) is 0. The minimum Gasteiger partial charge on any atom is -0.475 e. The molecule has 0 fully saturated rings. The third-order valence-electron chi connectivity index (χ3n) is 2.09. The first-order valence-electron chi connectivity index (χ1n) is 5.10. The van der Waals surface area contributed by atoms with Crippen LogP contribution in [0.15, 0.2) is 15.4 Å². The Bertz CT molecular complexity index is 591. The van der Waals surface area contributed by atoms with Gasteiger partial charge in [-0.15, -0.1) is 0 Å². The fourth-order valence-electron chi connectivity index (χ4n) is 1.29. The molecule has 1 aromatic heterocycles. The van der Waals surface area contributed by atoms with Crippen molar-refractivity contribution < 1.29 is 27.5 Å². The van der Waals surface area contributed by atoms with Crippen LogP contribution in [0.3, 0.4) is 0 Å². The lowest BCUT2D eigenvalue weighted by molar-refractivity contribution is 0.0661. The summed E-state index contributed by atoms with van der Waals surface area (Å²) >= 11 is 0. The fraction of sp³-hybridized carbons (Fsp3) is 0.333. The van der Waals surface area contributed by atoms with Gasteiger partial charge in [-0.25, -0.2) is 22.7 Å². The Morgan fingerprint density at radius 2 is 2.05 bits per heavy atom. The van der Waals surface area contributed by atoms with Crippen LogP contribution in [0.2, 0.25) is 0 Å². The van der Waals surface area contributed by atoms with Gasteiger partial charge in [0.1, 0.15) is 10.7 Å². The van der Waals surface area contributed by atoms with E-state index in [0.29, 0.717) is 0 Å². The maximum Gasteiger partial charge on any atom is 0.371 e. The third-order valence-corrected chi connectivity index (χ3v) is 3.66. The van der Waals surface area contributed by atoms with Gasteiger partial charge < -0.3 is 20.6 Å². The lowest BCUT2D eigenvalue weighted by Gasteiger charge is -2.05. The van der Waals surface area contributed by atoms with Crippen molar-refractivity contribution >= 4 is 22.0 Å². The second kappa shape index (κ2) is 5.71. The van der Waals surface area contributed by atoms with E-state index in [1.807, 2.05) is 0 Å². The number of carbonyl (C=O) groups excluding carboxylic acids is 1. The SMILES string of the molecule is Cc1oc(C(=O)O)cc1S(=O)(=O)NCCNC(N)=O. The number of hydrogen-bond acceptors (Lipinski definition) is 5. The van der Waals surface area contributed by atoms with Gasteiger partial charge >= 0.3 is 12.0 Å². The minimum atomic E-state index is -3.90. The quantitative estimate of drug-likeness (QED) is 0.505. The van der Waals surface area contributed by atoms with Crippen LogP contribution >= 0.6 is 0 Å². The number of amides is 2. The number of carboxylic acid groups (broad SMARTS) is 1. The molecule has 10 heteroatoms. The van der Waals surface area contributed by atoms with E-state index in [1.165, 1.54) is 6.92 Å². The number of rotatable bonds is 6. The van der Waals surface area contributed by atoms with Gasteiger partial charge in [0.15, 0.2) is 0 Å². The lowest BCUT2D eigenvalue weighted by atomic mass is 10.4. The van der Waals surface area contributed by atoms with E-state index in [-0.39, 0.29) is 23.7 Å². The van der Waals surface area contributed by atoms with Crippen molar-refractivity contribution in [3.8, 4) is 0 Å². The number of aryl methyl sites for hydroxylation is 1. The summed E-state index contributed by atoms with van der Waals surface area (Å²) in [4.78, 5) is 20.8. The number of aromatic carboxylic acids is 1. The van der Waals surface area contributed by atoms with Crippen molar-refractivity contribution in [3.05, 3.63) is 17.6 Å². The van der Waals surface area contributed by atoms with Crippen LogP contribution in [0.25, 0.3) is 0 Å². The Morgan fingerprint density at radius 1 is 1.42 bits per heavy atom. The average molecular weight is 291 g/mol. The molecule has 9 nitrogen and oxygen atoms in total. The van der Waals surface area contributed by atoms with Crippen LogP contribution in [-0.4, -0.2) is 38.6 Å². The van der Waals surface area contributed by atoms with Crippen molar-refractivity contribution in [3.63, 3.8) is 0 Å². The molecule has 0 atom stereocenters. The monoisotopic (exact) mass is 291 g/mol. The van der Waals surface area contributed by atoms with Gasteiger partial charge in [-0.1, -0.05) is 0 Å². The van der Waals surface area contributed by atoms with Gasteiger partial charge in [-0.05, 0) is 6.92 Å². The second-order valence-electron chi connectivity index (χ2n) is 3.53. The number of furan rings is 1. The summed E-state index contributed by atoms with van der Waals surface area (Å²) in [5.41, 5.74) is 4.81. The Balaban J connectivity index is 2.77. The first-order valence-corrected chi connectivity index (χ1v) is 6.59. The highest BCUT2D eigenvalue weighted by Gasteiger charge is 2.23. The standard InChI is InChI=1S/C9H13N3O6S/c1-5-7(4-6(18-5)8(13)14)19(16,17)12-3-2-11-9(10)15/h4,12H,2-3H2,1H3,(H,13,14)(H3,10,11,15). The van der Waals surface area contributed by atoms with Crippen molar-refractivity contribution in [1.82, 2.24) is 10.0 Å². The largest absolute Gasteiger partial charge is 0.475 e. The zero-order valence-electron chi connectivity index (χ0n) is 9.97. The van der Waals surface area contributed by atoms with E-state index in [2.05, 4.69) is 10.0 Å². The lowest BCUT2D eigenvalue weighted by Crippen LogP contribution is -2.37. The maximum absolute atomic E-state index is 11.8. The highest BCUT2D eigenvalue weighted by molar-refractivity contribution is 7.89. The van der Waals surface area contributed by atoms with Gasteiger partial charge in [-0.2, -0.15) is 0 Å². The molecular weight excluding hydrogens is 278 g/mol. The number of nitrogens with two attached hydrogens (primary N) is 1. The molecule has 0 unspecified atom stereocenters. The fourth-order valence-corrected chi connectivity index (χ4v) is 2.50. The van der Waals surface area contributed by atoms with Crippen LogP contribution in [0.4, 0.5) is 4.79 Å². The van der Waals surface area contributed by atoms with Crippen molar-refractivity contribution in [2.24, 2.45) is 5.73 Å². The molecule has 5 N–H and O–H groups in total. The van der Waals surface area contributed by atoms with Gasteiger partial charge in [0.2, 0.25) is 15.8 Å². The predicted octanol–water partition coefficient (Wildman–Crippen LogP) is -0.767. The van der Waals surface area contributed by atoms with E-state index in [1.54, 1.807) is 0 Å². The van der Waals surface area contributed by atoms with E-state index >= 15 is 0 Å². The van der Waals surface area contributed by atoms with Gasteiger partial charge in [0.25, 0.3) is 0 Å². The first kappa shape index (κ1) is 15.0. The molecular formula is C9H13N3O6S. The molecule has 2 amide bonds. The average Bonchev–Trinajstić information content (AvgIpc) is 2.67. The van der Waals surface area contributed by atoms with E-state index in [0.717, 1.165) is 6.07 Å². The number of nitrogens with one attached hydrogen (secondary N) is 2. The molecule has 0 aliphatic heterocycles. The van der Waals surface area contributed by atoms with Gasteiger partial charge in [0.05, 0.1) is 0 Å². The summed E-state index contributed by atoms with van der Waals surface area (Å²) in [7, 11) is -3.90. The Labute approximate surface area is 108 Å². The zero-order chi connectivity index (χ0) is 14.6. The van der Waals surface area contributed by atoms with Crippen molar-refractivity contribution in [2.45, 2.75) is 11.8 Å². The zero-order valence-corrected chi connectivity index (χ0v) is 10.8. The van der Waals surface area contributed by atoms with Crippen LogP contribution in [0.5, 0.6) is 0 Å². The van der Waals surface area contributed by atoms with Gasteiger partial charge in [-0.3, -0.25) is 0 Å². The maximum atomic E-state index is 11.8. The minimum absolute atomic E-state index is 0.0112. The summed E-state index contributed by atoms with van der Waals surface area (Å²) in [5.74, 6) is -1.86. The number of primary amides is 1. The van der Waals surface area contributed by atoms with Crippen LogP contribution in [-0.2, 0) is 10.0 Å². The molecule has 0 radical (unpaired) electrons. The normalized spacial score (nSPS) is 11.2. The second-order valence-corrected chi connectivity index (χ2v) is 5.26. The summed E-state index contributed by atoms with van der Waals surface area (Å²) in [6.45, 7) is 1.26. The Kier molecular flexibility index (Phi) is 4.51. The highest BCUT2D eigenvalue weighted by atomic mass is 32.2. The molecule has 0 aliphatic rings. The molecule has 1 heterocycles. The molecule has 0 aromatic carbocycles. The van der Waals surface area contributed by atoms with E-state index < -0.39 is 27.8 Å². The molecule has 1 rings (SSSR count). The summed E-state index contributed by atoms with van der Waals surface area (Å²) in [6, 6.07) is 0.147. The van der Waals surface area contributed by atoms with E-state index in [4.69, 9.17) is 15.3 Å². The topological polar surface area (TPSA) is 152 Å². The van der Waals surface area contributed by atoms with Crippen molar-refractivity contribution in [1.29, 1.82) is 0 Å². The Morgan fingerprint density at radius 3 is 2.53 bits per heavy atom.